The maximum absolute atomic E-state index is 12.4. The highest BCUT2D eigenvalue weighted by Gasteiger charge is 2.17. The van der Waals surface area contributed by atoms with Gasteiger partial charge in [0.2, 0.25) is 0 Å². The molecule has 112 valence electrons. The van der Waals surface area contributed by atoms with Crippen molar-refractivity contribution in [1.29, 1.82) is 0 Å². The van der Waals surface area contributed by atoms with Crippen molar-refractivity contribution in [2.75, 3.05) is 26.3 Å². The van der Waals surface area contributed by atoms with Gasteiger partial charge >= 0.3 is 0 Å². The number of rotatable bonds is 7. The molecule has 0 atom stereocenters. The van der Waals surface area contributed by atoms with E-state index >= 15 is 0 Å². The van der Waals surface area contributed by atoms with E-state index in [4.69, 9.17) is 10.2 Å². The van der Waals surface area contributed by atoms with Crippen molar-refractivity contribution in [2.24, 2.45) is 0 Å². The van der Waals surface area contributed by atoms with Crippen LogP contribution in [-0.2, 0) is 0 Å². The third kappa shape index (κ3) is 3.90. The van der Waals surface area contributed by atoms with Gasteiger partial charge in [-0.3, -0.25) is 4.79 Å². The quantitative estimate of drug-likeness (QED) is 0.786. The molecule has 0 radical (unpaired) electrons. The van der Waals surface area contributed by atoms with E-state index in [2.05, 4.69) is 5.10 Å². The fraction of sp³-hybridized carbons (Fsp3) is 0.333. The number of benzene rings is 1. The molecule has 0 spiro atoms. The molecule has 1 aromatic carbocycles. The van der Waals surface area contributed by atoms with Gasteiger partial charge in [0.25, 0.3) is 5.91 Å². The van der Waals surface area contributed by atoms with E-state index in [1.54, 1.807) is 10.9 Å². The molecule has 6 nitrogen and oxygen atoms in total. The van der Waals surface area contributed by atoms with Crippen LogP contribution in [0.15, 0.2) is 42.7 Å². The van der Waals surface area contributed by atoms with Gasteiger partial charge in [-0.2, -0.15) is 5.10 Å². The fourth-order valence-electron chi connectivity index (χ4n) is 2.03. The van der Waals surface area contributed by atoms with Crippen LogP contribution in [0.4, 0.5) is 0 Å². The molecule has 0 saturated carbocycles. The van der Waals surface area contributed by atoms with Crippen LogP contribution in [0.25, 0.3) is 5.69 Å². The average molecular weight is 289 g/mol. The summed E-state index contributed by atoms with van der Waals surface area (Å²) in [7, 11) is 0. The zero-order valence-electron chi connectivity index (χ0n) is 11.7. The van der Waals surface area contributed by atoms with E-state index in [0.717, 1.165) is 5.69 Å². The van der Waals surface area contributed by atoms with E-state index in [-0.39, 0.29) is 25.7 Å². The lowest BCUT2D eigenvalue weighted by Gasteiger charge is -2.20. The molecular weight excluding hydrogens is 270 g/mol. The third-order valence-electron chi connectivity index (χ3n) is 3.09. The largest absolute Gasteiger partial charge is 0.396 e. The van der Waals surface area contributed by atoms with E-state index in [1.807, 2.05) is 30.3 Å². The number of nitrogens with zero attached hydrogens (tertiary/aromatic N) is 3. The van der Waals surface area contributed by atoms with Crippen molar-refractivity contribution in [3.63, 3.8) is 0 Å². The highest BCUT2D eigenvalue weighted by atomic mass is 16.3. The van der Waals surface area contributed by atoms with E-state index in [0.29, 0.717) is 18.5 Å². The molecule has 1 amide bonds. The maximum atomic E-state index is 12.4. The number of carbonyl (C=O) groups excluding carboxylic acids is 1. The summed E-state index contributed by atoms with van der Waals surface area (Å²) in [5.74, 6) is -0.195. The van der Waals surface area contributed by atoms with E-state index in [9.17, 15) is 4.79 Å². The lowest BCUT2D eigenvalue weighted by molar-refractivity contribution is 0.0710. The molecule has 0 unspecified atom stereocenters. The zero-order valence-corrected chi connectivity index (χ0v) is 11.7. The molecule has 0 bridgehead atoms. The minimum Gasteiger partial charge on any atom is -0.396 e. The van der Waals surface area contributed by atoms with Crippen LogP contribution < -0.4 is 0 Å². The molecule has 1 heterocycles. The van der Waals surface area contributed by atoms with E-state index < -0.39 is 0 Å². The van der Waals surface area contributed by atoms with Gasteiger partial charge in [-0.1, -0.05) is 18.2 Å². The number of aromatic nitrogens is 2. The molecule has 0 aliphatic carbocycles. The molecule has 0 saturated heterocycles. The number of hydrogen-bond acceptors (Lipinski definition) is 4. The van der Waals surface area contributed by atoms with Crippen LogP contribution >= 0.6 is 0 Å². The summed E-state index contributed by atoms with van der Waals surface area (Å²) in [6, 6.07) is 9.52. The number of aliphatic hydroxyl groups excluding tert-OH is 2. The second-order valence-electron chi connectivity index (χ2n) is 4.60. The molecule has 0 aliphatic heterocycles. The number of amides is 1. The lowest BCUT2D eigenvalue weighted by Crippen LogP contribution is -2.34. The Balaban J connectivity index is 2.13. The van der Waals surface area contributed by atoms with Crippen LogP contribution in [0.5, 0.6) is 0 Å². The highest BCUT2D eigenvalue weighted by molar-refractivity contribution is 5.93. The SMILES string of the molecule is O=C(c1cnn(-c2ccccc2)c1)N(CCO)CCCO. The van der Waals surface area contributed by atoms with E-state index in [1.165, 1.54) is 11.1 Å². The summed E-state index contributed by atoms with van der Waals surface area (Å²) in [4.78, 5) is 13.9. The Bertz CT molecular complexity index is 569. The molecule has 0 aliphatic rings. The van der Waals surface area contributed by atoms with Crippen molar-refractivity contribution in [2.45, 2.75) is 6.42 Å². The Kier molecular flexibility index (Phi) is 5.48. The number of aliphatic hydroxyl groups is 2. The van der Waals surface area contributed by atoms with Crippen LogP contribution in [0.3, 0.4) is 0 Å². The van der Waals surface area contributed by atoms with Crippen LogP contribution in [0, 0.1) is 0 Å². The first kappa shape index (κ1) is 15.2. The minimum absolute atomic E-state index is 0.0124. The smallest absolute Gasteiger partial charge is 0.257 e. The van der Waals surface area contributed by atoms with Crippen LogP contribution in [-0.4, -0.2) is 57.1 Å². The first-order valence-electron chi connectivity index (χ1n) is 6.87. The summed E-state index contributed by atoms with van der Waals surface area (Å²) >= 11 is 0. The fourth-order valence-corrected chi connectivity index (χ4v) is 2.03. The van der Waals surface area contributed by atoms with Crippen molar-refractivity contribution < 1.29 is 15.0 Å². The lowest BCUT2D eigenvalue weighted by atomic mass is 10.2. The van der Waals surface area contributed by atoms with Crippen molar-refractivity contribution in [3.05, 3.63) is 48.3 Å². The Hall–Kier alpha value is -2.18. The van der Waals surface area contributed by atoms with Crippen molar-refractivity contribution in [3.8, 4) is 5.69 Å². The predicted octanol–water partition coefficient (Wildman–Crippen LogP) is 0.689. The topological polar surface area (TPSA) is 78.6 Å². The van der Waals surface area contributed by atoms with Gasteiger partial charge in [0.15, 0.2) is 0 Å². The number of hydrogen-bond donors (Lipinski definition) is 2. The molecule has 0 fully saturated rings. The van der Waals surface area contributed by atoms with Gasteiger partial charge < -0.3 is 15.1 Å². The normalized spacial score (nSPS) is 10.6. The summed E-state index contributed by atoms with van der Waals surface area (Å²) in [5.41, 5.74) is 1.34. The third-order valence-corrected chi connectivity index (χ3v) is 3.09. The predicted molar refractivity (Wildman–Crippen MR) is 78.3 cm³/mol. The Morgan fingerprint density at radius 2 is 1.90 bits per heavy atom. The first-order chi connectivity index (χ1) is 10.3. The molecule has 2 rings (SSSR count). The van der Waals surface area contributed by atoms with Crippen molar-refractivity contribution in [1.82, 2.24) is 14.7 Å². The molecular formula is C15H19N3O3. The van der Waals surface area contributed by atoms with Gasteiger partial charge in [0.1, 0.15) is 0 Å². The molecule has 21 heavy (non-hydrogen) atoms. The summed E-state index contributed by atoms with van der Waals surface area (Å²) < 4.78 is 1.64. The Morgan fingerprint density at radius 3 is 2.57 bits per heavy atom. The zero-order chi connectivity index (χ0) is 15.1. The molecule has 2 aromatic rings. The van der Waals surface area contributed by atoms with Crippen LogP contribution in [0.1, 0.15) is 16.8 Å². The molecule has 2 N–H and O–H groups in total. The minimum atomic E-state index is -0.195. The van der Waals surface area contributed by atoms with Gasteiger partial charge in [-0.05, 0) is 18.6 Å². The second-order valence-corrected chi connectivity index (χ2v) is 4.60. The maximum Gasteiger partial charge on any atom is 0.257 e. The summed E-state index contributed by atoms with van der Waals surface area (Å²) in [6.45, 7) is 0.560. The Labute approximate surface area is 123 Å². The van der Waals surface area contributed by atoms with Crippen molar-refractivity contribution >= 4 is 5.91 Å². The monoisotopic (exact) mass is 289 g/mol. The standard InChI is InChI=1S/C15H19N3O3/c19-9-4-7-17(8-10-20)15(21)13-11-16-18(12-13)14-5-2-1-3-6-14/h1-3,5-6,11-12,19-20H,4,7-10H2. The molecule has 6 heteroatoms. The summed E-state index contributed by atoms with van der Waals surface area (Å²) in [5, 5.41) is 22.1. The van der Waals surface area contributed by atoms with Gasteiger partial charge in [0, 0.05) is 25.9 Å². The molecule has 1 aromatic heterocycles. The first-order valence-corrected chi connectivity index (χ1v) is 6.87. The van der Waals surface area contributed by atoms with Gasteiger partial charge in [-0.25, -0.2) is 4.68 Å². The second kappa shape index (κ2) is 7.56. The average Bonchev–Trinajstić information content (AvgIpc) is 3.01. The summed E-state index contributed by atoms with van der Waals surface area (Å²) in [6.07, 6.45) is 3.66. The Morgan fingerprint density at radius 1 is 1.14 bits per heavy atom. The highest BCUT2D eigenvalue weighted by Crippen LogP contribution is 2.10. The number of carbonyl (C=O) groups is 1. The van der Waals surface area contributed by atoms with Crippen LogP contribution in [0.2, 0.25) is 0 Å². The van der Waals surface area contributed by atoms with Gasteiger partial charge in [-0.15, -0.1) is 0 Å². The van der Waals surface area contributed by atoms with Gasteiger partial charge in [0.05, 0.1) is 24.1 Å². The number of para-hydroxylation sites is 1.